The molecule has 0 rings (SSSR count). The van der Waals surface area contributed by atoms with Crippen molar-refractivity contribution in [3.05, 3.63) is 0 Å². The number of hydrogen-bond acceptors (Lipinski definition) is 2. The van der Waals surface area contributed by atoms with E-state index in [4.69, 9.17) is 16.7 Å². The first-order valence-corrected chi connectivity index (χ1v) is 5.09. The van der Waals surface area contributed by atoms with Crippen molar-refractivity contribution in [2.75, 3.05) is 0 Å². The summed E-state index contributed by atoms with van der Waals surface area (Å²) < 4.78 is 4.48. The van der Waals surface area contributed by atoms with E-state index in [1.54, 1.807) is 0 Å². The van der Waals surface area contributed by atoms with Gasteiger partial charge in [-0.2, -0.15) is 0 Å². The minimum Gasteiger partial charge on any atom is -0.450 e. The maximum atomic E-state index is 10.2. The molecule has 2 unspecified atom stereocenters. The molecule has 0 aliphatic carbocycles. The van der Waals surface area contributed by atoms with Gasteiger partial charge in [0.25, 0.3) is 0 Å². The van der Waals surface area contributed by atoms with Crippen molar-refractivity contribution < 1.29 is 14.6 Å². The molecule has 1 N–H and O–H groups in total. The lowest BCUT2D eigenvalue weighted by Gasteiger charge is -2.18. The van der Waals surface area contributed by atoms with Crippen LogP contribution in [0.3, 0.4) is 0 Å². The number of rotatable bonds is 6. The second-order valence-electron chi connectivity index (χ2n) is 3.05. The van der Waals surface area contributed by atoms with Gasteiger partial charge in [0, 0.05) is 5.92 Å². The normalized spacial score (nSPS) is 15.0. The predicted octanol–water partition coefficient (Wildman–Crippen LogP) is 3.46. The topological polar surface area (TPSA) is 46.5 Å². The number of halogens is 1. The lowest BCUT2D eigenvalue weighted by molar-refractivity contribution is 0.0572. The Labute approximate surface area is 84.0 Å². The molecule has 0 aliphatic heterocycles. The minimum absolute atomic E-state index is 0.137. The lowest BCUT2D eigenvalue weighted by atomic mass is 10.0. The highest BCUT2D eigenvalue weighted by Gasteiger charge is 2.20. The van der Waals surface area contributed by atoms with Crippen molar-refractivity contribution in [3.8, 4) is 0 Å². The molecule has 13 heavy (non-hydrogen) atoms. The highest BCUT2D eigenvalue weighted by Crippen LogP contribution is 2.22. The molecular formula is C9H17ClO3. The summed E-state index contributed by atoms with van der Waals surface area (Å²) >= 11 is 5.77. The highest BCUT2D eigenvalue weighted by molar-refractivity contribution is 6.20. The van der Waals surface area contributed by atoms with Gasteiger partial charge in [0.1, 0.15) is 0 Å². The fourth-order valence-electron chi connectivity index (χ4n) is 1.18. The van der Waals surface area contributed by atoms with Crippen LogP contribution in [0.25, 0.3) is 0 Å². The van der Waals surface area contributed by atoms with Crippen LogP contribution in [0, 0.1) is 5.92 Å². The van der Waals surface area contributed by atoms with Crippen LogP contribution in [-0.2, 0) is 4.74 Å². The van der Waals surface area contributed by atoms with Crippen LogP contribution in [0.15, 0.2) is 0 Å². The Morgan fingerprint density at radius 2 is 2.15 bits per heavy atom. The summed E-state index contributed by atoms with van der Waals surface area (Å²) in [6.45, 7) is 4.08. The summed E-state index contributed by atoms with van der Waals surface area (Å²) in [5.41, 5.74) is -0.700. The third-order valence-corrected chi connectivity index (χ3v) is 2.48. The Balaban J connectivity index is 3.83. The van der Waals surface area contributed by atoms with Crippen molar-refractivity contribution in [2.24, 2.45) is 5.92 Å². The molecule has 0 aromatic carbocycles. The number of ether oxygens (including phenoxy) is 1. The van der Waals surface area contributed by atoms with Gasteiger partial charge >= 0.3 is 6.16 Å². The molecule has 0 bridgehead atoms. The van der Waals surface area contributed by atoms with Gasteiger partial charge in [-0.25, -0.2) is 4.79 Å². The van der Waals surface area contributed by atoms with Gasteiger partial charge in [-0.05, 0) is 12.8 Å². The van der Waals surface area contributed by atoms with E-state index < -0.39 is 11.7 Å². The maximum Gasteiger partial charge on any atom is 0.507 e. The fraction of sp³-hybridized carbons (Fsp3) is 0.889. The molecular weight excluding hydrogens is 192 g/mol. The van der Waals surface area contributed by atoms with Gasteiger partial charge < -0.3 is 9.84 Å². The zero-order valence-electron chi connectivity index (χ0n) is 8.12. The Bertz CT molecular complexity index is 150. The van der Waals surface area contributed by atoms with Crippen LogP contribution < -0.4 is 0 Å². The number of hydrogen-bond donors (Lipinski definition) is 1. The monoisotopic (exact) mass is 208 g/mol. The molecule has 78 valence electrons. The first-order valence-electron chi connectivity index (χ1n) is 4.65. The molecule has 3 nitrogen and oxygen atoms in total. The van der Waals surface area contributed by atoms with Gasteiger partial charge in [0.2, 0.25) is 0 Å². The smallest absolute Gasteiger partial charge is 0.450 e. The number of alkyl halides is 1. The summed E-state index contributed by atoms with van der Waals surface area (Å²) in [6, 6.07) is 0. The van der Waals surface area contributed by atoms with Gasteiger partial charge in [-0.1, -0.05) is 38.3 Å². The van der Waals surface area contributed by atoms with Crippen LogP contribution in [0.4, 0.5) is 4.79 Å². The van der Waals surface area contributed by atoms with Gasteiger partial charge in [-0.3, -0.25) is 0 Å². The van der Waals surface area contributed by atoms with Crippen molar-refractivity contribution >= 4 is 17.8 Å². The summed E-state index contributed by atoms with van der Waals surface area (Å²) in [4.78, 5) is 10.2. The highest BCUT2D eigenvalue weighted by atomic mass is 35.5. The first-order chi connectivity index (χ1) is 6.11. The maximum absolute atomic E-state index is 10.2. The molecule has 0 aromatic heterocycles. The Morgan fingerprint density at radius 3 is 2.54 bits per heavy atom. The van der Waals surface area contributed by atoms with E-state index in [2.05, 4.69) is 11.7 Å². The fourth-order valence-corrected chi connectivity index (χ4v) is 1.56. The van der Waals surface area contributed by atoms with Crippen molar-refractivity contribution in [3.63, 3.8) is 0 Å². The lowest BCUT2D eigenvalue weighted by Crippen LogP contribution is -2.20. The quantitative estimate of drug-likeness (QED) is 0.537. The largest absolute Gasteiger partial charge is 0.507 e. The summed E-state index contributed by atoms with van der Waals surface area (Å²) in [5, 5.41) is 8.35. The van der Waals surface area contributed by atoms with E-state index in [-0.39, 0.29) is 5.92 Å². The van der Waals surface area contributed by atoms with E-state index in [0.29, 0.717) is 0 Å². The summed E-state index contributed by atoms with van der Waals surface area (Å²) in [6.07, 6.45) is 2.63. The van der Waals surface area contributed by atoms with E-state index in [0.717, 1.165) is 25.7 Å². The number of carboxylic acid groups (broad SMARTS) is 1. The summed E-state index contributed by atoms with van der Waals surface area (Å²) in [5.74, 6) is 0.137. The Morgan fingerprint density at radius 1 is 1.54 bits per heavy atom. The van der Waals surface area contributed by atoms with Crippen molar-refractivity contribution in [1.29, 1.82) is 0 Å². The number of carbonyl (C=O) groups is 1. The van der Waals surface area contributed by atoms with E-state index in [1.165, 1.54) is 0 Å². The van der Waals surface area contributed by atoms with Gasteiger partial charge in [-0.15, -0.1) is 0 Å². The third-order valence-electron chi connectivity index (χ3n) is 2.04. The molecule has 0 aliphatic rings. The van der Waals surface area contributed by atoms with E-state index in [1.807, 2.05) is 6.92 Å². The van der Waals surface area contributed by atoms with Crippen LogP contribution in [0.1, 0.15) is 39.5 Å². The molecule has 0 amide bonds. The van der Waals surface area contributed by atoms with Crippen molar-refractivity contribution in [1.82, 2.24) is 0 Å². The van der Waals surface area contributed by atoms with Crippen molar-refractivity contribution in [2.45, 2.75) is 45.1 Å². The second kappa shape index (κ2) is 7.01. The van der Waals surface area contributed by atoms with E-state index in [9.17, 15) is 4.79 Å². The SMILES string of the molecule is CCCCC(CC)C(Cl)OC(=O)O. The molecule has 0 spiro atoms. The molecule has 0 saturated heterocycles. The van der Waals surface area contributed by atoms with Crippen LogP contribution in [0.2, 0.25) is 0 Å². The van der Waals surface area contributed by atoms with E-state index >= 15 is 0 Å². The van der Waals surface area contributed by atoms with Gasteiger partial charge in [0.05, 0.1) is 0 Å². The Hall–Kier alpha value is -0.440. The molecule has 2 atom stereocenters. The third kappa shape index (κ3) is 5.75. The molecule has 0 saturated carbocycles. The first kappa shape index (κ1) is 12.6. The second-order valence-corrected chi connectivity index (χ2v) is 3.48. The average molecular weight is 209 g/mol. The average Bonchev–Trinajstić information content (AvgIpc) is 2.04. The zero-order chi connectivity index (χ0) is 10.3. The molecule has 0 radical (unpaired) electrons. The standard InChI is InChI=1S/C9H17ClO3/c1-3-5-6-7(4-2)8(10)13-9(11)12/h7-8H,3-6H2,1-2H3,(H,11,12). The zero-order valence-corrected chi connectivity index (χ0v) is 8.88. The number of unbranched alkanes of at least 4 members (excludes halogenated alkanes) is 1. The van der Waals surface area contributed by atoms with Gasteiger partial charge in [0.15, 0.2) is 5.56 Å². The molecule has 0 fully saturated rings. The van der Waals surface area contributed by atoms with Crippen LogP contribution >= 0.6 is 11.6 Å². The van der Waals surface area contributed by atoms with Crippen LogP contribution in [-0.4, -0.2) is 16.8 Å². The predicted molar refractivity (Wildman–Crippen MR) is 52.1 cm³/mol. The molecule has 4 heteroatoms. The molecule has 0 aromatic rings. The molecule has 0 heterocycles. The Kier molecular flexibility index (Phi) is 6.77. The van der Waals surface area contributed by atoms with Crippen LogP contribution in [0.5, 0.6) is 0 Å². The minimum atomic E-state index is -1.30. The summed E-state index contributed by atoms with van der Waals surface area (Å²) in [7, 11) is 0.